The fraction of sp³-hybridized carbons (Fsp3) is 0.273. The summed E-state index contributed by atoms with van der Waals surface area (Å²) in [6, 6.07) is 3.92. The second kappa shape index (κ2) is 5.46. The lowest BCUT2D eigenvalue weighted by Gasteiger charge is -2.02. The number of imidazole rings is 1. The van der Waals surface area contributed by atoms with E-state index in [0.29, 0.717) is 13.0 Å². The Morgan fingerprint density at radius 1 is 1.56 bits per heavy atom. The second-order valence-corrected chi connectivity index (χ2v) is 4.42. The summed E-state index contributed by atoms with van der Waals surface area (Å²) >= 11 is 1.60. The monoisotopic (exact) mass is 235 g/mol. The van der Waals surface area contributed by atoms with Crippen LogP contribution < -0.4 is 5.32 Å². The lowest BCUT2D eigenvalue weighted by Crippen LogP contribution is -2.27. The predicted octanol–water partition coefficient (Wildman–Crippen LogP) is 1.37. The lowest BCUT2D eigenvalue weighted by atomic mass is 10.3. The maximum atomic E-state index is 11.5. The number of hydrogen-bond acceptors (Lipinski definition) is 3. The molecule has 0 aromatic carbocycles. The van der Waals surface area contributed by atoms with Gasteiger partial charge in [0.15, 0.2) is 0 Å². The first-order valence-corrected chi connectivity index (χ1v) is 6.00. The van der Waals surface area contributed by atoms with Gasteiger partial charge in [0.1, 0.15) is 5.82 Å². The van der Waals surface area contributed by atoms with Crippen molar-refractivity contribution in [3.05, 3.63) is 40.6 Å². The first-order valence-electron chi connectivity index (χ1n) is 5.12. The number of rotatable bonds is 5. The summed E-state index contributed by atoms with van der Waals surface area (Å²) < 4.78 is 0. The average molecular weight is 235 g/mol. The van der Waals surface area contributed by atoms with Crippen molar-refractivity contribution < 1.29 is 4.79 Å². The maximum Gasteiger partial charge on any atom is 0.225 e. The summed E-state index contributed by atoms with van der Waals surface area (Å²) in [5.74, 6) is 0.963. The van der Waals surface area contributed by atoms with Crippen molar-refractivity contribution >= 4 is 17.2 Å². The van der Waals surface area contributed by atoms with Gasteiger partial charge >= 0.3 is 0 Å². The first-order chi connectivity index (χ1) is 7.84. The summed E-state index contributed by atoms with van der Waals surface area (Å²) in [7, 11) is 0. The molecule has 84 valence electrons. The number of amides is 1. The molecule has 0 fully saturated rings. The molecule has 0 atom stereocenters. The minimum absolute atomic E-state index is 0.0639. The van der Waals surface area contributed by atoms with Crippen LogP contribution in [0.5, 0.6) is 0 Å². The fourth-order valence-electron chi connectivity index (χ4n) is 1.39. The van der Waals surface area contributed by atoms with Gasteiger partial charge in [0.2, 0.25) is 5.91 Å². The zero-order valence-electron chi connectivity index (χ0n) is 8.77. The van der Waals surface area contributed by atoms with E-state index in [1.54, 1.807) is 23.7 Å². The molecule has 1 amide bonds. The fourth-order valence-corrected chi connectivity index (χ4v) is 2.09. The van der Waals surface area contributed by atoms with E-state index in [9.17, 15) is 4.79 Å². The van der Waals surface area contributed by atoms with Crippen LogP contribution in [0.4, 0.5) is 0 Å². The van der Waals surface area contributed by atoms with E-state index in [2.05, 4.69) is 15.3 Å². The Balaban J connectivity index is 1.68. The van der Waals surface area contributed by atoms with Gasteiger partial charge in [-0.05, 0) is 11.4 Å². The molecule has 16 heavy (non-hydrogen) atoms. The van der Waals surface area contributed by atoms with Crippen molar-refractivity contribution in [2.24, 2.45) is 0 Å². The van der Waals surface area contributed by atoms with Gasteiger partial charge in [-0.2, -0.15) is 0 Å². The summed E-state index contributed by atoms with van der Waals surface area (Å²) in [6.45, 7) is 0.623. The van der Waals surface area contributed by atoms with Crippen molar-refractivity contribution in [1.82, 2.24) is 15.3 Å². The quantitative estimate of drug-likeness (QED) is 0.822. The molecule has 4 nitrogen and oxygen atoms in total. The number of thiophene rings is 1. The Morgan fingerprint density at radius 3 is 3.19 bits per heavy atom. The largest absolute Gasteiger partial charge is 0.355 e. The Hall–Kier alpha value is -1.62. The van der Waals surface area contributed by atoms with Crippen molar-refractivity contribution in [2.75, 3.05) is 6.54 Å². The second-order valence-electron chi connectivity index (χ2n) is 3.39. The van der Waals surface area contributed by atoms with Crippen LogP contribution in [0, 0.1) is 0 Å². The van der Waals surface area contributed by atoms with E-state index in [0.717, 1.165) is 17.1 Å². The summed E-state index contributed by atoms with van der Waals surface area (Å²) in [6.07, 6.45) is 4.70. The van der Waals surface area contributed by atoms with Crippen LogP contribution in [0.2, 0.25) is 0 Å². The van der Waals surface area contributed by atoms with Gasteiger partial charge in [0.25, 0.3) is 0 Å². The van der Waals surface area contributed by atoms with Crippen molar-refractivity contribution in [3.63, 3.8) is 0 Å². The number of aromatic amines is 1. The minimum atomic E-state index is 0.0639. The summed E-state index contributed by atoms with van der Waals surface area (Å²) in [4.78, 5) is 19.7. The molecule has 0 saturated carbocycles. The normalized spacial score (nSPS) is 10.2. The number of H-pyrrole nitrogens is 1. The van der Waals surface area contributed by atoms with E-state index in [1.165, 1.54) is 0 Å². The molecule has 0 aliphatic rings. The van der Waals surface area contributed by atoms with Crippen molar-refractivity contribution in [1.29, 1.82) is 0 Å². The molecule has 0 aliphatic carbocycles. The third kappa shape index (κ3) is 3.20. The van der Waals surface area contributed by atoms with Gasteiger partial charge in [-0.3, -0.25) is 4.79 Å². The number of nitrogens with one attached hydrogen (secondary N) is 2. The van der Waals surface area contributed by atoms with Crippen molar-refractivity contribution in [2.45, 2.75) is 12.8 Å². The molecule has 0 saturated heterocycles. The van der Waals surface area contributed by atoms with Crippen molar-refractivity contribution in [3.8, 4) is 0 Å². The van der Waals surface area contributed by atoms with Crippen LogP contribution in [0.15, 0.2) is 29.9 Å². The lowest BCUT2D eigenvalue weighted by molar-refractivity contribution is -0.120. The summed E-state index contributed by atoms with van der Waals surface area (Å²) in [5.41, 5.74) is 0. The molecule has 2 N–H and O–H groups in total. The van der Waals surface area contributed by atoms with E-state index in [-0.39, 0.29) is 5.91 Å². The number of carbonyl (C=O) groups is 1. The molecule has 0 aliphatic heterocycles. The zero-order valence-corrected chi connectivity index (χ0v) is 9.59. The van der Waals surface area contributed by atoms with Gasteiger partial charge in [0.05, 0.1) is 6.42 Å². The van der Waals surface area contributed by atoms with Gasteiger partial charge in [-0.25, -0.2) is 4.98 Å². The zero-order chi connectivity index (χ0) is 11.2. The molecule has 0 radical (unpaired) electrons. The maximum absolute atomic E-state index is 11.5. The van der Waals surface area contributed by atoms with E-state index in [4.69, 9.17) is 0 Å². The molecule has 5 heteroatoms. The highest BCUT2D eigenvalue weighted by Gasteiger charge is 2.03. The van der Waals surface area contributed by atoms with Crippen LogP contribution >= 0.6 is 11.3 Å². The molecule has 0 bridgehead atoms. The highest BCUT2D eigenvalue weighted by atomic mass is 32.1. The molecule has 2 heterocycles. The first kappa shape index (κ1) is 10.9. The van der Waals surface area contributed by atoms with Crippen LogP contribution in [0.3, 0.4) is 0 Å². The molecule has 2 rings (SSSR count). The summed E-state index contributed by atoms with van der Waals surface area (Å²) in [5, 5.41) is 4.84. The Labute approximate surface area is 97.7 Å². The highest BCUT2D eigenvalue weighted by Crippen LogP contribution is 2.08. The Bertz CT molecular complexity index is 422. The standard InChI is InChI=1S/C11H13N3OS/c15-11(8-9-2-1-7-16-9)14-4-3-10-12-5-6-13-10/h1-2,5-7H,3-4,8H2,(H,12,13)(H,14,15). The number of carbonyl (C=O) groups excluding carboxylic acids is 1. The van der Waals surface area contributed by atoms with Crippen LogP contribution in [-0.4, -0.2) is 22.4 Å². The molecule has 2 aromatic heterocycles. The molecule has 0 unspecified atom stereocenters. The van der Waals surface area contributed by atoms with Crippen LogP contribution in [0.1, 0.15) is 10.7 Å². The third-order valence-electron chi connectivity index (χ3n) is 2.15. The van der Waals surface area contributed by atoms with Gasteiger partial charge in [0, 0.05) is 30.2 Å². The van der Waals surface area contributed by atoms with Gasteiger partial charge in [-0.1, -0.05) is 6.07 Å². The molecular formula is C11H13N3OS. The highest BCUT2D eigenvalue weighted by molar-refractivity contribution is 7.10. The SMILES string of the molecule is O=C(Cc1cccs1)NCCc1ncc[nH]1. The van der Waals surface area contributed by atoms with Gasteiger partial charge < -0.3 is 10.3 Å². The minimum Gasteiger partial charge on any atom is -0.355 e. The number of nitrogens with zero attached hydrogens (tertiary/aromatic N) is 1. The predicted molar refractivity (Wildman–Crippen MR) is 63.3 cm³/mol. The number of aromatic nitrogens is 2. The Morgan fingerprint density at radius 2 is 2.50 bits per heavy atom. The van der Waals surface area contributed by atoms with E-state index >= 15 is 0 Å². The van der Waals surface area contributed by atoms with Crippen LogP contribution in [0.25, 0.3) is 0 Å². The Kier molecular flexibility index (Phi) is 3.71. The van der Waals surface area contributed by atoms with Gasteiger partial charge in [-0.15, -0.1) is 11.3 Å². The van der Waals surface area contributed by atoms with E-state index < -0.39 is 0 Å². The third-order valence-corrected chi connectivity index (χ3v) is 3.03. The topological polar surface area (TPSA) is 57.8 Å². The molecular weight excluding hydrogens is 222 g/mol. The smallest absolute Gasteiger partial charge is 0.225 e. The average Bonchev–Trinajstić information content (AvgIpc) is 2.90. The molecule has 0 spiro atoms. The van der Waals surface area contributed by atoms with E-state index in [1.807, 2.05) is 17.5 Å². The number of hydrogen-bond donors (Lipinski definition) is 2. The molecule has 2 aromatic rings. The van der Waals surface area contributed by atoms with Crippen LogP contribution in [-0.2, 0) is 17.6 Å².